The molecule has 6 atom stereocenters. The van der Waals surface area contributed by atoms with Gasteiger partial charge in [0.2, 0.25) is 0 Å². The number of ether oxygens (including phenoxy) is 1. The summed E-state index contributed by atoms with van der Waals surface area (Å²) in [6.07, 6.45) is -6.36. The molecule has 1 aliphatic heterocycles. The Labute approximate surface area is 146 Å². The predicted octanol–water partition coefficient (Wildman–Crippen LogP) is 5.32. The summed E-state index contributed by atoms with van der Waals surface area (Å²) < 4.78 is 75.4. The summed E-state index contributed by atoms with van der Waals surface area (Å²) >= 11 is 0. The fourth-order valence-corrected chi connectivity index (χ4v) is 4.92. The van der Waals surface area contributed by atoms with Crippen molar-refractivity contribution in [2.24, 2.45) is 23.7 Å². The molecule has 0 bridgehead atoms. The highest BCUT2D eigenvalue weighted by Crippen LogP contribution is 2.43. The van der Waals surface area contributed by atoms with Gasteiger partial charge >= 0.3 is 0 Å². The fourth-order valence-electron chi connectivity index (χ4n) is 4.92. The van der Waals surface area contributed by atoms with Gasteiger partial charge in [-0.25, -0.2) is 22.0 Å². The minimum Gasteiger partial charge on any atom is -0.378 e. The van der Waals surface area contributed by atoms with Crippen LogP contribution < -0.4 is 0 Å². The molecule has 0 aromatic rings. The lowest BCUT2D eigenvalue weighted by Crippen LogP contribution is -2.44. The maximum atomic E-state index is 14.6. The van der Waals surface area contributed by atoms with E-state index in [-0.39, 0.29) is 44.1 Å². The zero-order valence-corrected chi connectivity index (χ0v) is 14.7. The highest BCUT2D eigenvalue weighted by molar-refractivity contribution is 4.94. The van der Waals surface area contributed by atoms with E-state index < -0.39 is 42.7 Å². The van der Waals surface area contributed by atoms with Gasteiger partial charge in [0.15, 0.2) is 6.17 Å². The first kappa shape index (κ1) is 19.4. The first-order valence-electron chi connectivity index (χ1n) is 9.67. The van der Waals surface area contributed by atoms with Crippen molar-refractivity contribution in [1.82, 2.24) is 0 Å². The van der Waals surface area contributed by atoms with E-state index >= 15 is 0 Å². The molecule has 25 heavy (non-hydrogen) atoms. The Hall–Kier alpha value is -0.390. The van der Waals surface area contributed by atoms with Crippen molar-refractivity contribution < 1.29 is 26.7 Å². The number of rotatable bonds is 3. The molecule has 0 amide bonds. The second-order valence-corrected chi connectivity index (χ2v) is 8.53. The Kier molecular flexibility index (Phi) is 6.27. The maximum absolute atomic E-state index is 14.6. The van der Waals surface area contributed by atoms with Crippen LogP contribution in [0.15, 0.2) is 0 Å². The minimum absolute atomic E-state index is 0.0823. The Morgan fingerprint density at radius 2 is 1.40 bits per heavy atom. The van der Waals surface area contributed by atoms with Crippen molar-refractivity contribution in [2.45, 2.75) is 88.8 Å². The molecule has 0 aromatic heterocycles. The van der Waals surface area contributed by atoms with Gasteiger partial charge in [0.05, 0.1) is 6.10 Å². The monoisotopic (exact) mass is 368 g/mol. The molecule has 2 saturated carbocycles. The number of hydrogen-bond acceptors (Lipinski definition) is 1. The molecule has 1 heterocycles. The van der Waals surface area contributed by atoms with Crippen LogP contribution in [-0.4, -0.2) is 43.6 Å². The molecule has 0 N–H and O–H groups in total. The van der Waals surface area contributed by atoms with Gasteiger partial charge in [-0.15, -0.1) is 0 Å². The largest absolute Gasteiger partial charge is 0.378 e. The van der Waals surface area contributed by atoms with Crippen LogP contribution in [-0.2, 0) is 4.74 Å². The van der Waals surface area contributed by atoms with Gasteiger partial charge in [-0.2, -0.15) is 0 Å². The lowest BCUT2D eigenvalue weighted by atomic mass is 9.70. The average Bonchev–Trinajstić information content (AvgIpc) is 2.56. The van der Waals surface area contributed by atoms with E-state index in [9.17, 15) is 22.0 Å². The summed E-state index contributed by atoms with van der Waals surface area (Å²) in [5.41, 5.74) is 0. The molecule has 2 aliphatic carbocycles. The zero-order valence-electron chi connectivity index (χ0n) is 14.7. The lowest BCUT2D eigenvalue weighted by molar-refractivity contribution is -0.0831. The third-order valence-corrected chi connectivity index (χ3v) is 6.46. The minimum atomic E-state index is -2.10. The SMILES string of the molecule is CC1CCC(C2CC(F)C(CC3CC(F)C(F)C(F)C3)C(F)C2)OC1. The van der Waals surface area contributed by atoms with Crippen LogP contribution >= 0.6 is 0 Å². The van der Waals surface area contributed by atoms with Crippen molar-refractivity contribution in [1.29, 1.82) is 0 Å². The summed E-state index contributed by atoms with van der Waals surface area (Å²) in [7, 11) is 0. The van der Waals surface area contributed by atoms with Crippen LogP contribution in [0.25, 0.3) is 0 Å². The molecule has 6 heteroatoms. The van der Waals surface area contributed by atoms with Crippen LogP contribution in [0.2, 0.25) is 0 Å². The van der Waals surface area contributed by atoms with Gasteiger partial charge in [-0.3, -0.25) is 0 Å². The van der Waals surface area contributed by atoms with Crippen LogP contribution in [0, 0.1) is 23.7 Å². The first-order chi connectivity index (χ1) is 11.8. The highest BCUT2D eigenvalue weighted by atomic mass is 19.2. The summed E-state index contributed by atoms with van der Waals surface area (Å²) in [5.74, 6) is -0.956. The van der Waals surface area contributed by atoms with Crippen molar-refractivity contribution in [2.75, 3.05) is 6.61 Å². The quantitative estimate of drug-likeness (QED) is 0.613. The maximum Gasteiger partial charge on any atom is 0.162 e. The van der Waals surface area contributed by atoms with E-state index in [2.05, 4.69) is 6.92 Å². The van der Waals surface area contributed by atoms with E-state index in [4.69, 9.17) is 4.74 Å². The zero-order chi connectivity index (χ0) is 18.1. The number of halogens is 5. The molecule has 6 unspecified atom stereocenters. The van der Waals surface area contributed by atoms with Crippen molar-refractivity contribution >= 4 is 0 Å². The standard InChI is InChI=1S/C19H29F5O/c1-10-2-3-18(25-9-10)12-7-14(20)13(15(21)8-12)4-11-5-16(22)19(24)17(23)6-11/h10-19H,2-9H2,1H3. The Balaban J connectivity index is 1.54. The summed E-state index contributed by atoms with van der Waals surface area (Å²) in [6, 6.07) is 0. The topological polar surface area (TPSA) is 9.23 Å². The summed E-state index contributed by atoms with van der Waals surface area (Å²) in [5, 5.41) is 0. The lowest BCUT2D eigenvalue weighted by Gasteiger charge is -2.42. The van der Waals surface area contributed by atoms with Gasteiger partial charge in [0.25, 0.3) is 0 Å². The Morgan fingerprint density at radius 3 is 1.92 bits per heavy atom. The molecule has 0 radical (unpaired) electrons. The predicted molar refractivity (Wildman–Crippen MR) is 86.2 cm³/mol. The van der Waals surface area contributed by atoms with Crippen LogP contribution in [0.4, 0.5) is 22.0 Å². The molecule has 3 rings (SSSR count). The molecular weight excluding hydrogens is 339 g/mol. The molecule has 3 aliphatic rings. The smallest absolute Gasteiger partial charge is 0.162 e. The molecule has 0 aromatic carbocycles. The van der Waals surface area contributed by atoms with Crippen molar-refractivity contribution in [3.05, 3.63) is 0 Å². The third-order valence-electron chi connectivity index (χ3n) is 6.46. The number of hydrogen-bond donors (Lipinski definition) is 0. The molecular formula is C19H29F5O. The van der Waals surface area contributed by atoms with Crippen molar-refractivity contribution in [3.8, 4) is 0 Å². The average molecular weight is 368 g/mol. The van der Waals surface area contributed by atoms with Crippen LogP contribution in [0.1, 0.15) is 51.9 Å². The van der Waals surface area contributed by atoms with Crippen molar-refractivity contribution in [3.63, 3.8) is 0 Å². The second kappa shape index (κ2) is 8.10. The van der Waals surface area contributed by atoms with Gasteiger partial charge in [-0.1, -0.05) is 6.92 Å². The van der Waals surface area contributed by atoms with E-state index in [0.29, 0.717) is 12.5 Å². The Morgan fingerprint density at radius 1 is 0.800 bits per heavy atom. The van der Waals surface area contributed by atoms with E-state index in [1.165, 1.54) is 0 Å². The molecule has 1 saturated heterocycles. The van der Waals surface area contributed by atoms with Crippen LogP contribution in [0.5, 0.6) is 0 Å². The van der Waals surface area contributed by atoms with E-state index in [0.717, 1.165) is 12.8 Å². The van der Waals surface area contributed by atoms with E-state index in [1.807, 2.05) is 0 Å². The van der Waals surface area contributed by atoms with Gasteiger partial charge in [0, 0.05) is 12.5 Å². The van der Waals surface area contributed by atoms with Gasteiger partial charge in [0.1, 0.15) is 24.7 Å². The van der Waals surface area contributed by atoms with Gasteiger partial charge in [-0.05, 0) is 62.7 Å². The summed E-state index contributed by atoms with van der Waals surface area (Å²) in [6.45, 7) is 2.74. The molecule has 0 spiro atoms. The first-order valence-corrected chi connectivity index (χ1v) is 9.67. The fraction of sp³-hybridized carbons (Fsp3) is 1.00. The molecule has 146 valence electrons. The Bertz CT molecular complexity index is 404. The highest BCUT2D eigenvalue weighted by Gasteiger charge is 2.45. The normalized spacial score (nSPS) is 52.1. The molecule has 1 nitrogen and oxygen atoms in total. The van der Waals surface area contributed by atoms with E-state index in [1.54, 1.807) is 0 Å². The van der Waals surface area contributed by atoms with Crippen LogP contribution in [0.3, 0.4) is 0 Å². The third kappa shape index (κ3) is 4.48. The molecule has 3 fully saturated rings. The second-order valence-electron chi connectivity index (χ2n) is 8.53. The van der Waals surface area contributed by atoms with Gasteiger partial charge < -0.3 is 4.74 Å². The summed E-state index contributed by atoms with van der Waals surface area (Å²) in [4.78, 5) is 0. The number of alkyl halides is 5.